The van der Waals surface area contributed by atoms with E-state index in [9.17, 15) is 8.42 Å². The van der Waals surface area contributed by atoms with Gasteiger partial charge in [0.2, 0.25) is 10.0 Å². The van der Waals surface area contributed by atoms with Gasteiger partial charge in [-0.25, -0.2) is 13.4 Å². The topological polar surface area (TPSA) is 62.3 Å². The number of hydrogen-bond acceptors (Lipinski definition) is 4. The number of aryl methyl sites for hydroxylation is 2. The maximum atomic E-state index is 13.2. The van der Waals surface area contributed by atoms with Crippen LogP contribution in [0.1, 0.15) is 42.0 Å². The molecule has 1 aromatic heterocycles. The van der Waals surface area contributed by atoms with Crippen molar-refractivity contribution in [3.8, 4) is 0 Å². The number of nitrogens with one attached hydrogen (secondary N) is 1. The monoisotopic (exact) mass is 359 g/mol. The minimum atomic E-state index is -3.51. The van der Waals surface area contributed by atoms with Gasteiger partial charge < -0.3 is 5.32 Å². The minimum absolute atomic E-state index is 0.155. The van der Waals surface area contributed by atoms with Crippen molar-refractivity contribution < 1.29 is 8.42 Å². The lowest BCUT2D eigenvalue weighted by Gasteiger charge is -2.35. The zero-order chi connectivity index (χ0) is 18.0. The lowest BCUT2D eigenvalue weighted by molar-refractivity contribution is 0.255. The third-order valence-corrected chi connectivity index (χ3v) is 6.72. The molecule has 1 atom stereocenters. The van der Waals surface area contributed by atoms with Gasteiger partial charge in [-0.3, -0.25) is 0 Å². The van der Waals surface area contributed by atoms with E-state index in [1.807, 2.05) is 39.1 Å². The second-order valence-corrected chi connectivity index (χ2v) is 8.52. The third kappa shape index (κ3) is 3.55. The van der Waals surface area contributed by atoms with Crippen molar-refractivity contribution in [3.63, 3.8) is 0 Å². The van der Waals surface area contributed by atoms with Gasteiger partial charge in [-0.05, 0) is 56.0 Å². The van der Waals surface area contributed by atoms with E-state index in [2.05, 4.69) is 10.3 Å². The van der Waals surface area contributed by atoms with Crippen molar-refractivity contribution in [3.05, 3.63) is 53.2 Å². The van der Waals surface area contributed by atoms with Crippen molar-refractivity contribution in [1.29, 1.82) is 0 Å². The van der Waals surface area contributed by atoms with Gasteiger partial charge in [0.25, 0.3) is 0 Å². The Balaban J connectivity index is 1.98. The van der Waals surface area contributed by atoms with Crippen LogP contribution in [0.4, 0.5) is 5.82 Å². The van der Waals surface area contributed by atoms with Crippen LogP contribution in [0.5, 0.6) is 0 Å². The van der Waals surface area contributed by atoms with Crippen LogP contribution in [0.25, 0.3) is 0 Å². The molecule has 5 nitrogen and oxygen atoms in total. The standard InChI is InChI=1S/C19H25N3O2S/c1-14-7-9-17(10-8-14)25(23,24)22-11-5-4-6-18(22)16-12-15(2)19(20-3)21-13-16/h7-10,12-13,18H,4-6,11H2,1-3H3,(H,20,21)/t18-/m1/s1. The van der Waals surface area contributed by atoms with E-state index in [1.54, 1.807) is 22.6 Å². The van der Waals surface area contributed by atoms with Crippen molar-refractivity contribution in [2.75, 3.05) is 18.9 Å². The summed E-state index contributed by atoms with van der Waals surface area (Å²) in [6.45, 7) is 4.50. The molecule has 2 aromatic rings. The molecule has 1 aliphatic heterocycles. The quantitative estimate of drug-likeness (QED) is 0.905. The van der Waals surface area contributed by atoms with E-state index in [1.165, 1.54) is 0 Å². The van der Waals surface area contributed by atoms with Crippen molar-refractivity contribution in [1.82, 2.24) is 9.29 Å². The molecule has 3 rings (SSSR count). The number of aromatic nitrogens is 1. The second kappa shape index (κ2) is 7.14. The smallest absolute Gasteiger partial charge is 0.243 e. The Bertz CT molecular complexity index is 847. The molecule has 1 N–H and O–H groups in total. The van der Waals surface area contributed by atoms with Crippen molar-refractivity contribution in [2.45, 2.75) is 44.0 Å². The highest BCUT2D eigenvalue weighted by molar-refractivity contribution is 7.89. The lowest BCUT2D eigenvalue weighted by Crippen LogP contribution is -2.38. The van der Waals surface area contributed by atoms with E-state index >= 15 is 0 Å². The summed E-state index contributed by atoms with van der Waals surface area (Å²) in [5.74, 6) is 0.826. The first-order valence-corrected chi connectivity index (χ1v) is 10.1. The highest BCUT2D eigenvalue weighted by atomic mass is 32.2. The van der Waals surface area contributed by atoms with Gasteiger partial charge in [0, 0.05) is 19.8 Å². The molecule has 0 bridgehead atoms. The Morgan fingerprint density at radius 1 is 1.16 bits per heavy atom. The molecule has 1 aromatic carbocycles. The van der Waals surface area contributed by atoms with E-state index in [-0.39, 0.29) is 6.04 Å². The number of benzene rings is 1. The molecule has 25 heavy (non-hydrogen) atoms. The zero-order valence-corrected chi connectivity index (χ0v) is 15.8. The molecule has 2 heterocycles. The Labute approximate surface area is 150 Å². The van der Waals surface area contributed by atoms with E-state index in [4.69, 9.17) is 0 Å². The molecular formula is C19H25N3O2S. The number of hydrogen-bond donors (Lipinski definition) is 1. The summed E-state index contributed by atoms with van der Waals surface area (Å²) < 4.78 is 28.0. The fourth-order valence-electron chi connectivity index (χ4n) is 3.41. The summed E-state index contributed by atoms with van der Waals surface area (Å²) in [6.07, 6.45) is 4.54. The van der Waals surface area contributed by atoms with Crippen LogP contribution >= 0.6 is 0 Å². The van der Waals surface area contributed by atoms with Gasteiger partial charge in [-0.15, -0.1) is 0 Å². The molecule has 0 unspecified atom stereocenters. The molecule has 134 valence electrons. The molecule has 1 fully saturated rings. The van der Waals surface area contributed by atoms with Crippen molar-refractivity contribution >= 4 is 15.8 Å². The number of anilines is 1. The Morgan fingerprint density at radius 3 is 2.52 bits per heavy atom. The van der Waals surface area contributed by atoms with Crippen LogP contribution in [0.2, 0.25) is 0 Å². The molecule has 0 spiro atoms. The van der Waals surface area contributed by atoms with Crippen LogP contribution < -0.4 is 5.32 Å². The normalized spacial score (nSPS) is 18.9. The highest BCUT2D eigenvalue weighted by Crippen LogP contribution is 2.36. The fraction of sp³-hybridized carbons (Fsp3) is 0.421. The van der Waals surface area contributed by atoms with Crippen LogP contribution in [0.3, 0.4) is 0 Å². The Morgan fingerprint density at radius 2 is 1.88 bits per heavy atom. The van der Waals surface area contributed by atoms with Gasteiger partial charge in [-0.1, -0.05) is 24.1 Å². The van der Waals surface area contributed by atoms with Crippen LogP contribution in [-0.2, 0) is 10.0 Å². The maximum Gasteiger partial charge on any atom is 0.243 e. The first kappa shape index (κ1) is 17.9. The Hall–Kier alpha value is -1.92. The predicted molar refractivity (Wildman–Crippen MR) is 100 cm³/mol. The molecule has 0 saturated carbocycles. The third-order valence-electron chi connectivity index (χ3n) is 4.80. The number of sulfonamides is 1. The number of piperidine rings is 1. The summed E-state index contributed by atoms with van der Waals surface area (Å²) in [6, 6.07) is 8.98. The van der Waals surface area contributed by atoms with Crippen molar-refractivity contribution in [2.24, 2.45) is 0 Å². The summed E-state index contributed by atoms with van der Waals surface area (Å²) in [5, 5.41) is 3.05. The average molecular weight is 359 g/mol. The maximum absolute atomic E-state index is 13.2. The number of nitrogens with zero attached hydrogens (tertiary/aromatic N) is 2. The van der Waals surface area contributed by atoms with E-state index in [0.29, 0.717) is 11.4 Å². The summed E-state index contributed by atoms with van der Waals surface area (Å²) in [4.78, 5) is 4.80. The van der Waals surface area contributed by atoms with Gasteiger partial charge in [0.1, 0.15) is 5.82 Å². The lowest BCUT2D eigenvalue weighted by atomic mass is 9.98. The zero-order valence-electron chi connectivity index (χ0n) is 15.0. The molecule has 0 amide bonds. The highest BCUT2D eigenvalue weighted by Gasteiger charge is 2.34. The summed E-state index contributed by atoms with van der Waals surface area (Å²) in [7, 11) is -1.68. The molecule has 0 aliphatic carbocycles. The molecule has 1 aliphatic rings. The van der Waals surface area contributed by atoms with E-state index < -0.39 is 10.0 Å². The SMILES string of the molecule is CNc1ncc([C@H]2CCCCN2S(=O)(=O)c2ccc(C)cc2)cc1C. The molecule has 6 heteroatoms. The Kier molecular flexibility index (Phi) is 5.11. The number of rotatable bonds is 4. The second-order valence-electron chi connectivity index (χ2n) is 6.62. The van der Waals surface area contributed by atoms with E-state index in [0.717, 1.165) is 41.8 Å². The first-order valence-electron chi connectivity index (χ1n) is 8.66. The van der Waals surface area contributed by atoms with Crippen LogP contribution in [0, 0.1) is 13.8 Å². The predicted octanol–water partition coefficient (Wildman–Crippen LogP) is 3.66. The van der Waals surface area contributed by atoms with Gasteiger partial charge >= 0.3 is 0 Å². The molecule has 1 saturated heterocycles. The molecular weight excluding hydrogens is 334 g/mol. The van der Waals surface area contributed by atoms with Crippen LogP contribution in [0.15, 0.2) is 41.4 Å². The largest absolute Gasteiger partial charge is 0.373 e. The van der Waals surface area contributed by atoms with Gasteiger partial charge in [-0.2, -0.15) is 4.31 Å². The number of pyridine rings is 1. The first-order chi connectivity index (χ1) is 11.9. The summed E-state index contributed by atoms with van der Waals surface area (Å²) in [5.41, 5.74) is 3.04. The van der Waals surface area contributed by atoms with Gasteiger partial charge in [0.05, 0.1) is 10.9 Å². The average Bonchev–Trinajstić information content (AvgIpc) is 2.62. The fourth-order valence-corrected chi connectivity index (χ4v) is 5.09. The van der Waals surface area contributed by atoms with Crippen LogP contribution in [-0.4, -0.2) is 31.3 Å². The summed E-state index contributed by atoms with van der Waals surface area (Å²) >= 11 is 0. The minimum Gasteiger partial charge on any atom is -0.373 e. The van der Waals surface area contributed by atoms with Gasteiger partial charge in [0.15, 0.2) is 0 Å². The molecule has 0 radical (unpaired) electrons.